The lowest BCUT2D eigenvalue weighted by molar-refractivity contribution is -0.131. The highest BCUT2D eigenvalue weighted by molar-refractivity contribution is 6.42. The van der Waals surface area contributed by atoms with Gasteiger partial charge in [0.15, 0.2) is 0 Å². The number of aliphatic carboxylic acids is 1. The van der Waals surface area contributed by atoms with E-state index in [0.29, 0.717) is 11.3 Å². The summed E-state index contributed by atoms with van der Waals surface area (Å²) in [5.74, 6) is -0.483. The average Bonchev–Trinajstić information content (AvgIpc) is 2.18. The first-order chi connectivity index (χ1) is 6.63. The zero-order valence-corrected chi connectivity index (χ0v) is 8.28. The van der Waals surface area contributed by atoms with Crippen LogP contribution in [0, 0.1) is 0 Å². The number of carboxylic acid groups (broad SMARTS) is 1. The van der Waals surface area contributed by atoms with Crippen molar-refractivity contribution in [3.05, 3.63) is 34.9 Å². The Morgan fingerprint density at radius 2 is 2.29 bits per heavy atom. The molecule has 0 unspecified atom stereocenters. The summed E-state index contributed by atoms with van der Waals surface area (Å²) in [7, 11) is 1.54. The van der Waals surface area contributed by atoms with Gasteiger partial charge in [0.25, 0.3) is 0 Å². The molecular formula is C10H9ClO3. The third-order valence-electron chi connectivity index (χ3n) is 1.59. The second kappa shape index (κ2) is 4.67. The van der Waals surface area contributed by atoms with Gasteiger partial charge in [0.05, 0.1) is 7.11 Å². The number of benzene rings is 1. The smallest absolute Gasteiger partial charge is 0.347 e. The number of rotatable bonds is 3. The summed E-state index contributed by atoms with van der Waals surface area (Å²) in [6, 6.07) is 6.97. The normalized spacial score (nSPS) is 11.1. The fourth-order valence-corrected chi connectivity index (χ4v) is 1.07. The summed E-state index contributed by atoms with van der Waals surface area (Å²) in [6.07, 6.45) is 1.37. The van der Waals surface area contributed by atoms with Gasteiger partial charge in [-0.25, -0.2) is 4.79 Å². The van der Waals surface area contributed by atoms with E-state index in [1.54, 1.807) is 31.4 Å². The van der Waals surface area contributed by atoms with Crippen molar-refractivity contribution in [3.63, 3.8) is 0 Å². The van der Waals surface area contributed by atoms with Crippen LogP contribution in [0.25, 0.3) is 6.08 Å². The molecule has 0 saturated carbocycles. The Morgan fingerprint density at radius 1 is 1.57 bits per heavy atom. The fourth-order valence-electron chi connectivity index (χ4n) is 0.939. The van der Waals surface area contributed by atoms with Crippen LogP contribution in [-0.2, 0) is 4.79 Å². The molecule has 3 nitrogen and oxygen atoms in total. The molecule has 4 heteroatoms. The van der Waals surface area contributed by atoms with Gasteiger partial charge in [-0.15, -0.1) is 0 Å². The predicted octanol–water partition coefficient (Wildman–Crippen LogP) is 2.36. The molecule has 0 fully saturated rings. The number of methoxy groups -OCH3 is 1. The van der Waals surface area contributed by atoms with Crippen molar-refractivity contribution in [2.45, 2.75) is 0 Å². The number of hydrogen-bond donors (Lipinski definition) is 1. The monoisotopic (exact) mass is 212 g/mol. The number of hydrogen-bond acceptors (Lipinski definition) is 2. The molecule has 0 aromatic heterocycles. The van der Waals surface area contributed by atoms with Crippen molar-refractivity contribution in [2.24, 2.45) is 0 Å². The minimum absolute atomic E-state index is 0.224. The Labute approximate surface area is 86.6 Å². The molecule has 0 aliphatic rings. The number of ether oxygens (including phenoxy) is 1. The summed E-state index contributed by atoms with van der Waals surface area (Å²) in [5.41, 5.74) is 0.691. The van der Waals surface area contributed by atoms with Crippen molar-refractivity contribution in [2.75, 3.05) is 7.11 Å². The maximum atomic E-state index is 10.4. The Morgan fingerprint density at radius 3 is 2.86 bits per heavy atom. The third kappa shape index (κ3) is 2.78. The predicted molar refractivity (Wildman–Crippen MR) is 54.5 cm³/mol. The topological polar surface area (TPSA) is 46.5 Å². The van der Waals surface area contributed by atoms with Gasteiger partial charge < -0.3 is 9.84 Å². The number of carbonyl (C=O) groups is 1. The third-order valence-corrected chi connectivity index (χ3v) is 1.86. The molecule has 0 heterocycles. The fraction of sp³-hybridized carbons (Fsp3) is 0.100. The molecule has 0 atom stereocenters. The van der Waals surface area contributed by atoms with Crippen LogP contribution in [0.4, 0.5) is 0 Å². The van der Waals surface area contributed by atoms with Gasteiger partial charge in [-0.2, -0.15) is 0 Å². The first kappa shape index (κ1) is 10.6. The second-order valence-corrected chi connectivity index (χ2v) is 2.98. The zero-order chi connectivity index (χ0) is 10.6. The molecule has 0 aliphatic heterocycles. The van der Waals surface area contributed by atoms with Gasteiger partial charge in [0.1, 0.15) is 10.8 Å². The van der Waals surface area contributed by atoms with E-state index >= 15 is 0 Å². The highest BCUT2D eigenvalue weighted by atomic mass is 35.5. The lowest BCUT2D eigenvalue weighted by Crippen LogP contribution is -1.93. The Hall–Kier alpha value is -1.48. The van der Waals surface area contributed by atoms with Crippen LogP contribution >= 0.6 is 11.6 Å². The van der Waals surface area contributed by atoms with E-state index in [9.17, 15) is 4.79 Å². The van der Waals surface area contributed by atoms with Gasteiger partial charge in [-0.05, 0) is 23.8 Å². The van der Waals surface area contributed by atoms with Crippen molar-refractivity contribution in [1.29, 1.82) is 0 Å². The second-order valence-electron chi connectivity index (χ2n) is 2.57. The molecule has 0 radical (unpaired) electrons. The van der Waals surface area contributed by atoms with E-state index in [2.05, 4.69) is 0 Å². The number of halogens is 1. The first-order valence-electron chi connectivity index (χ1n) is 3.88. The summed E-state index contributed by atoms with van der Waals surface area (Å²) in [6.45, 7) is 0. The molecule has 0 spiro atoms. The van der Waals surface area contributed by atoms with Crippen LogP contribution in [0.2, 0.25) is 0 Å². The molecular weight excluding hydrogens is 204 g/mol. The lowest BCUT2D eigenvalue weighted by Gasteiger charge is -2.00. The highest BCUT2D eigenvalue weighted by Gasteiger charge is 2.02. The van der Waals surface area contributed by atoms with E-state index in [1.807, 2.05) is 0 Å². The summed E-state index contributed by atoms with van der Waals surface area (Å²) in [5, 5.41) is 8.31. The largest absolute Gasteiger partial charge is 0.497 e. The van der Waals surface area contributed by atoms with Crippen LogP contribution in [0.3, 0.4) is 0 Å². The van der Waals surface area contributed by atoms with E-state index in [1.165, 1.54) is 6.08 Å². The quantitative estimate of drug-likeness (QED) is 0.783. The average molecular weight is 213 g/mol. The molecule has 0 aliphatic carbocycles. The van der Waals surface area contributed by atoms with Gasteiger partial charge >= 0.3 is 5.97 Å². The standard InChI is InChI=1S/C10H9ClO3/c1-14-8-4-2-3-7(5-8)6-9(11)10(12)13/h2-6H,1H3,(H,12,13). The van der Waals surface area contributed by atoms with Gasteiger partial charge in [0.2, 0.25) is 0 Å². The van der Waals surface area contributed by atoms with Gasteiger partial charge in [-0.1, -0.05) is 23.7 Å². The van der Waals surface area contributed by atoms with Crippen molar-refractivity contribution >= 4 is 23.6 Å². The Balaban J connectivity index is 2.97. The van der Waals surface area contributed by atoms with Crippen LogP contribution < -0.4 is 4.74 Å². The van der Waals surface area contributed by atoms with Crippen LogP contribution in [0.15, 0.2) is 29.3 Å². The van der Waals surface area contributed by atoms with Crippen molar-refractivity contribution < 1.29 is 14.6 Å². The molecule has 1 aromatic rings. The summed E-state index contributed by atoms with van der Waals surface area (Å²) < 4.78 is 4.98. The summed E-state index contributed by atoms with van der Waals surface area (Å²) >= 11 is 5.47. The lowest BCUT2D eigenvalue weighted by atomic mass is 10.2. The summed E-state index contributed by atoms with van der Waals surface area (Å²) in [4.78, 5) is 10.4. The maximum Gasteiger partial charge on any atom is 0.347 e. The molecule has 1 N–H and O–H groups in total. The van der Waals surface area contributed by atoms with Crippen LogP contribution in [-0.4, -0.2) is 18.2 Å². The molecule has 74 valence electrons. The molecule has 1 rings (SSSR count). The Kier molecular flexibility index (Phi) is 3.54. The molecule has 0 saturated heterocycles. The van der Waals surface area contributed by atoms with Crippen molar-refractivity contribution in [3.8, 4) is 5.75 Å². The Bertz CT molecular complexity index is 371. The SMILES string of the molecule is COc1cccc(C=C(Cl)C(=O)O)c1. The minimum atomic E-state index is -1.14. The van der Waals surface area contributed by atoms with E-state index in [-0.39, 0.29) is 5.03 Å². The van der Waals surface area contributed by atoms with Gasteiger partial charge in [0, 0.05) is 0 Å². The van der Waals surface area contributed by atoms with E-state index < -0.39 is 5.97 Å². The van der Waals surface area contributed by atoms with E-state index in [4.69, 9.17) is 21.4 Å². The molecule has 14 heavy (non-hydrogen) atoms. The molecule has 0 amide bonds. The van der Waals surface area contributed by atoms with E-state index in [0.717, 1.165) is 0 Å². The molecule has 1 aromatic carbocycles. The highest BCUT2D eigenvalue weighted by Crippen LogP contribution is 2.16. The van der Waals surface area contributed by atoms with Crippen LogP contribution in [0.1, 0.15) is 5.56 Å². The van der Waals surface area contributed by atoms with Gasteiger partial charge in [-0.3, -0.25) is 0 Å². The van der Waals surface area contributed by atoms with Crippen molar-refractivity contribution in [1.82, 2.24) is 0 Å². The number of carboxylic acids is 1. The zero-order valence-electron chi connectivity index (χ0n) is 7.53. The minimum Gasteiger partial charge on any atom is -0.497 e. The maximum absolute atomic E-state index is 10.4. The molecule has 0 bridgehead atoms. The van der Waals surface area contributed by atoms with Crippen LogP contribution in [0.5, 0.6) is 5.75 Å². The first-order valence-corrected chi connectivity index (χ1v) is 4.26.